The second kappa shape index (κ2) is 7.99. The van der Waals surface area contributed by atoms with Gasteiger partial charge in [-0.15, -0.1) is 11.8 Å². The lowest BCUT2D eigenvalue weighted by molar-refractivity contribution is -0.140. The molecule has 0 heterocycles. The topological polar surface area (TPSA) is 46.5 Å². The maximum atomic E-state index is 11.3. The summed E-state index contributed by atoms with van der Waals surface area (Å²) in [5.41, 5.74) is 0. The number of carboxylic acids is 1. The van der Waals surface area contributed by atoms with Crippen LogP contribution in [0.3, 0.4) is 0 Å². The average Bonchev–Trinajstić information content (AvgIpc) is 2.18. The molecule has 4 heteroatoms. The standard InChI is InChI=1S/C11H22O3S/c1-4-6-11(7-5-2,10(12)13)15-9-8-14-3/h4-9H2,1-3H3,(H,12,13). The van der Waals surface area contributed by atoms with Crippen LogP contribution in [0.15, 0.2) is 0 Å². The number of thioether (sulfide) groups is 1. The molecule has 0 bridgehead atoms. The highest BCUT2D eigenvalue weighted by Crippen LogP contribution is 2.35. The minimum Gasteiger partial charge on any atom is -0.480 e. The summed E-state index contributed by atoms with van der Waals surface area (Å²) >= 11 is 1.53. The van der Waals surface area contributed by atoms with E-state index in [1.165, 1.54) is 11.8 Å². The number of methoxy groups -OCH3 is 1. The molecule has 0 aliphatic carbocycles. The Hall–Kier alpha value is -0.220. The number of hydrogen-bond acceptors (Lipinski definition) is 3. The fraction of sp³-hybridized carbons (Fsp3) is 0.909. The molecule has 3 nitrogen and oxygen atoms in total. The van der Waals surface area contributed by atoms with Crippen LogP contribution < -0.4 is 0 Å². The molecule has 0 amide bonds. The van der Waals surface area contributed by atoms with Gasteiger partial charge in [-0.05, 0) is 12.8 Å². The summed E-state index contributed by atoms with van der Waals surface area (Å²) in [5.74, 6) is 0.0790. The van der Waals surface area contributed by atoms with Gasteiger partial charge in [0.15, 0.2) is 0 Å². The molecule has 0 atom stereocenters. The Morgan fingerprint density at radius 1 is 1.33 bits per heavy atom. The van der Waals surface area contributed by atoms with Crippen LogP contribution in [0.5, 0.6) is 0 Å². The summed E-state index contributed by atoms with van der Waals surface area (Å²) in [5, 5.41) is 9.32. The number of hydrogen-bond donors (Lipinski definition) is 1. The summed E-state index contributed by atoms with van der Waals surface area (Å²) in [6, 6.07) is 0. The lowest BCUT2D eigenvalue weighted by Gasteiger charge is -2.28. The van der Waals surface area contributed by atoms with Gasteiger partial charge in [0.25, 0.3) is 0 Å². The van der Waals surface area contributed by atoms with Crippen molar-refractivity contribution in [1.29, 1.82) is 0 Å². The van der Waals surface area contributed by atoms with Crippen molar-refractivity contribution in [3.05, 3.63) is 0 Å². The average molecular weight is 234 g/mol. The van der Waals surface area contributed by atoms with Crippen LogP contribution in [0.4, 0.5) is 0 Å². The quantitative estimate of drug-likeness (QED) is 0.623. The van der Waals surface area contributed by atoms with Gasteiger partial charge in [-0.1, -0.05) is 26.7 Å². The number of carbonyl (C=O) groups is 1. The minimum atomic E-state index is -0.674. The number of aliphatic carboxylic acids is 1. The van der Waals surface area contributed by atoms with Crippen LogP contribution in [0.1, 0.15) is 39.5 Å². The molecule has 0 unspecified atom stereocenters. The zero-order valence-electron chi connectivity index (χ0n) is 9.91. The van der Waals surface area contributed by atoms with Gasteiger partial charge in [-0.3, -0.25) is 4.79 Å². The Kier molecular flexibility index (Phi) is 7.88. The first-order valence-electron chi connectivity index (χ1n) is 5.49. The zero-order chi connectivity index (χ0) is 11.7. The third-order valence-corrected chi connectivity index (χ3v) is 3.87. The lowest BCUT2D eigenvalue weighted by Crippen LogP contribution is -2.35. The van der Waals surface area contributed by atoms with Crippen LogP contribution >= 0.6 is 11.8 Å². The maximum absolute atomic E-state index is 11.3. The molecule has 0 rings (SSSR count). The Balaban J connectivity index is 4.40. The van der Waals surface area contributed by atoms with Gasteiger partial charge >= 0.3 is 5.97 Å². The highest BCUT2D eigenvalue weighted by molar-refractivity contribution is 8.01. The lowest BCUT2D eigenvalue weighted by atomic mass is 9.97. The van der Waals surface area contributed by atoms with Crippen molar-refractivity contribution in [2.75, 3.05) is 19.5 Å². The molecule has 0 aromatic rings. The molecule has 90 valence electrons. The van der Waals surface area contributed by atoms with Gasteiger partial charge in [-0.2, -0.15) is 0 Å². The second-order valence-corrected chi connectivity index (χ2v) is 5.12. The molecule has 0 radical (unpaired) electrons. The molecule has 0 aliphatic rings. The van der Waals surface area contributed by atoms with E-state index in [0.29, 0.717) is 6.61 Å². The van der Waals surface area contributed by atoms with Gasteiger partial charge < -0.3 is 9.84 Å². The molecule has 0 aliphatic heterocycles. The molecule has 0 fully saturated rings. The van der Waals surface area contributed by atoms with Crippen molar-refractivity contribution in [2.45, 2.75) is 44.3 Å². The summed E-state index contributed by atoms with van der Waals surface area (Å²) in [6.45, 7) is 4.68. The van der Waals surface area contributed by atoms with Crippen LogP contribution in [-0.4, -0.2) is 35.3 Å². The van der Waals surface area contributed by atoms with E-state index in [2.05, 4.69) is 0 Å². The van der Waals surface area contributed by atoms with Crippen molar-refractivity contribution in [1.82, 2.24) is 0 Å². The smallest absolute Gasteiger partial charge is 0.319 e. The normalized spacial score (nSPS) is 11.7. The molecular weight excluding hydrogens is 212 g/mol. The number of ether oxygens (including phenoxy) is 1. The highest BCUT2D eigenvalue weighted by atomic mass is 32.2. The predicted molar refractivity (Wildman–Crippen MR) is 64.5 cm³/mol. The van der Waals surface area contributed by atoms with Crippen LogP contribution in [0, 0.1) is 0 Å². The Labute approximate surface area is 96.6 Å². The summed E-state index contributed by atoms with van der Waals surface area (Å²) in [7, 11) is 1.64. The van der Waals surface area contributed by atoms with Gasteiger partial charge in [0.1, 0.15) is 4.75 Å². The van der Waals surface area contributed by atoms with E-state index in [0.717, 1.165) is 31.4 Å². The highest BCUT2D eigenvalue weighted by Gasteiger charge is 2.36. The monoisotopic (exact) mass is 234 g/mol. The third kappa shape index (κ3) is 4.89. The molecule has 0 saturated heterocycles. The minimum absolute atomic E-state index is 0.595. The number of carboxylic acid groups (broad SMARTS) is 1. The molecule has 0 aromatic carbocycles. The number of rotatable bonds is 9. The van der Waals surface area contributed by atoms with Gasteiger partial charge in [0.05, 0.1) is 6.61 Å². The Bertz CT molecular complexity index is 177. The van der Waals surface area contributed by atoms with Crippen LogP contribution in [0.2, 0.25) is 0 Å². The van der Waals surface area contributed by atoms with Gasteiger partial charge in [0, 0.05) is 12.9 Å². The van der Waals surface area contributed by atoms with E-state index in [4.69, 9.17) is 4.74 Å². The van der Waals surface area contributed by atoms with Crippen molar-refractivity contribution < 1.29 is 14.6 Å². The maximum Gasteiger partial charge on any atom is 0.319 e. The van der Waals surface area contributed by atoms with E-state index in [9.17, 15) is 9.90 Å². The largest absolute Gasteiger partial charge is 0.480 e. The van der Waals surface area contributed by atoms with E-state index >= 15 is 0 Å². The SMILES string of the molecule is CCCC(CCC)(SCCOC)C(=O)O. The molecule has 1 N–H and O–H groups in total. The van der Waals surface area contributed by atoms with Crippen molar-refractivity contribution in [2.24, 2.45) is 0 Å². The fourth-order valence-corrected chi connectivity index (χ4v) is 3.13. The molecule has 0 saturated carbocycles. The predicted octanol–water partition coefficient (Wildman–Crippen LogP) is 2.79. The molecule has 0 aromatic heterocycles. The first-order valence-corrected chi connectivity index (χ1v) is 6.47. The Morgan fingerprint density at radius 3 is 2.20 bits per heavy atom. The first kappa shape index (κ1) is 14.8. The van der Waals surface area contributed by atoms with Gasteiger partial charge in [0.2, 0.25) is 0 Å². The van der Waals surface area contributed by atoms with E-state index in [-0.39, 0.29) is 0 Å². The van der Waals surface area contributed by atoms with E-state index in [1.807, 2.05) is 13.8 Å². The van der Waals surface area contributed by atoms with Crippen molar-refractivity contribution in [3.63, 3.8) is 0 Å². The van der Waals surface area contributed by atoms with Crippen LogP contribution in [0.25, 0.3) is 0 Å². The van der Waals surface area contributed by atoms with Gasteiger partial charge in [-0.25, -0.2) is 0 Å². The summed E-state index contributed by atoms with van der Waals surface area (Å²) in [6.07, 6.45) is 3.30. The van der Waals surface area contributed by atoms with Crippen LogP contribution in [-0.2, 0) is 9.53 Å². The summed E-state index contributed by atoms with van der Waals surface area (Å²) in [4.78, 5) is 11.3. The molecular formula is C11H22O3S. The van der Waals surface area contributed by atoms with E-state index in [1.54, 1.807) is 7.11 Å². The third-order valence-electron chi connectivity index (χ3n) is 2.36. The molecule has 15 heavy (non-hydrogen) atoms. The molecule has 0 spiro atoms. The first-order chi connectivity index (χ1) is 7.13. The summed E-state index contributed by atoms with van der Waals surface area (Å²) < 4.78 is 4.36. The zero-order valence-corrected chi connectivity index (χ0v) is 10.7. The van der Waals surface area contributed by atoms with Crippen molar-refractivity contribution in [3.8, 4) is 0 Å². The van der Waals surface area contributed by atoms with E-state index < -0.39 is 10.7 Å². The second-order valence-electron chi connectivity index (χ2n) is 3.64. The van der Waals surface area contributed by atoms with Crippen molar-refractivity contribution >= 4 is 17.7 Å². The fourth-order valence-electron chi connectivity index (χ4n) is 1.67. The Morgan fingerprint density at radius 2 is 1.87 bits per heavy atom.